The number of aliphatic imine (C=N–C) groups is 1. The molecule has 0 aliphatic carbocycles. The summed E-state index contributed by atoms with van der Waals surface area (Å²) < 4.78 is 13.1. The molecular weight excluding hydrogens is 401 g/mol. The van der Waals surface area contributed by atoms with Gasteiger partial charge in [0.15, 0.2) is 5.96 Å². The number of carbonyl (C=O) groups is 1. The molecule has 0 spiro atoms. The quantitative estimate of drug-likeness (QED) is 0.498. The minimum Gasteiger partial charge on any atom is -0.368 e. The number of thiophene rings is 1. The van der Waals surface area contributed by atoms with Crippen molar-refractivity contribution < 1.29 is 9.18 Å². The van der Waals surface area contributed by atoms with Gasteiger partial charge in [0.25, 0.3) is 0 Å². The van der Waals surface area contributed by atoms with E-state index >= 15 is 0 Å². The lowest BCUT2D eigenvalue weighted by atomic mass is 10.2. The number of anilines is 1. The molecule has 3 rings (SSSR count). The number of hydrogen-bond acceptors (Lipinski definition) is 4. The normalized spacial score (nSPS) is 14.7. The van der Waals surface area contributed by atoms with E-state index in [0.717, 1.165) is 44.2 Å². The Bertz CT molecular complexity index is 801. The summed E-state index contributed by atoms with van der Waals surface area (Å²) in [4.78, 5) is 22.6. The monoisotopic (exact) mass is 431 g/mol. The molecule has 0 saturated carbocycles. The Morgan fingerprint density at radius 2 is 1.90 bits per heavy atom. The number of rotatable bonds is 8. The van der Waals surface area contributed by atoms with E-state index in [9.17, 15) is 9.18 Å². The minimum atomic E-state index is -0.230. The average molecular weight is 432 g/mol. The van der Waals surface area contributed by atoms with Crippen LogP contribution in [0.4, 0.5) is 10.1 Å². The van der Waals surface area contributed by atoms with Crippen molar-refractivity contribution in [3.63, 3.8) is 0 Å². The molecule has 0 atom stereocenters. The number of carbonyl (C=O) groups excluding carboxylic acids is 1. The summed E-state index contributed by atoms with van der Waals surface area (Å²) in [5.41, 5.74) is 0.999. The second-order valence-corrected chi connectivity index (χ2v) is 8.14. The second-order valence-electron chi connectivity index (χ2n) is 7.11. The van der Waals surface area contributed by atoms with Crippen molar-refractivity contribution in [3.8, 4) is 0 Å². The Labute approximate surface area is 181 Å². The van der Waals surface area contributed by atoms with Crippen LogP contribution in [-0.2, 0) is 11.2 Å². The lowest BCUT2D eigenvalue weighted by Crippen LogP contribution is -2.49. The molecule has 2 aromatic rings. The molecule has 1 fully saturated rings. The van der Waals surface area contributed by atoms with Gasteiger partial charge in [0.05, 0.1) is 0 Å². The van der Waals surface area contributed by atoms with Crippen LogP contribution < -0.4 is 15.5 Å². The van der Waals surface area contributed by atoms with Gasteiger partial charge in [-0.1, -0.05) is 6.07 Å². The second kappa shape index (κ2) is 11.5. The summed E-state index contributed by atoms with van der Waals surface area (Å²) in [7, 11) is 0. The molecule has 1 aliphatic rings. The van der Waals surface area contributed by atoms with Crippen molar-refractivity contribution in [1.29, 1.82) is 0 Å². The topological polar surface area (TPSA) is 60.0 Å². The highest BCUT2D eigenvalue weighted by Crippen LogP contribution is 2.17. The maximum absolute atomic E-state index is 13.1. The molecular formula is C22H30FN5OS. The Morgan fingerprint density at radius 1 is 1.13 bits per heavy atom. The van der Waals surface area contributed by atoms with Crippen LogP contribution in [0.1, 0.15) is 18.2 Å². The largest absolute Gasteiger partial charge is 0.368 e. The van der Waals surface area contributed by atoms with Crippen molar-refractivity contribution >= 4 is 28.9 Å². The predicted octanol–water partition coefficient (Wildman–Crippen LogP) is 2.72. The summed E-state index contributed by atoms with van der Waals surface area (Å²) in [6.45, 7) is 6.98. The number of nitrogens with zero attached hydrogens (tertiary/aromatic N) is 3. The first-order chi connectivity index (χ1) is 14.7. The molecule has 0 bridgehead atoms. The Morgan fingerprint density at radius 3 is 2.57 bits per heavy atom. The maximum atomic E-state index is 13.1. The van der Waals surface area contributed by atoms with Gasteiger partial charge in [-0.3, -0.25) is 9.79 Å². The molecule has 0 unspecified atom stereocenters. The van der Waals surface area contributed by atoms with E-state index in [2.05, 4.69) is 38.0 Å². The number of hydrogen-bond donors (Lipinski definition) is 2. The van der Waals surface area contributed by atoms with Crippen molar-refractivity contribution in [2.45, 2.75) is 19.8 Å². The van der Waals surface area contributed by atoms with E-state index in [4.69, 9.17) is 0 Å². The fraction of sp³-hybridized carbons (Fsp3) is 0.455. The lowest BCUT2D eigenvalue weighted by Gasteiger charge is -2.36. The zero-order chi connectivity index (χ0) is 21.2. The van der Waals surface area contributed by atoms with Gasteiger partial charge < -0.3 is 20.4 Å². The van der Waals surface area contributed by atoms with Gasteiger partial charge >= 0.3 is 0 Å². The predicted molar refractivity (Wildman–Crippen MR) is 122 cm³/mol. The molecule has 8 heteroatoms. The Balaban J connectivity index is 1.38. The first kappa shape index (κ1) is 22.1. The molecule has 1 aromatic heterocycles. The smallest absolute Gasteiger partial charge is 0.224 e. The summed E-state index contributed by atoms with van der Waals surface area (Å²) in [5, 5.41) is 8.56. The van der Waals surface area contributed by atoms with Crippen LogP contribution in [0.2, 0.25) is 0 Å². The molecule has 2 heterocycles. The van der Waals surface area contributed by atoms with Crippen molar-refractivity contribution in [2.75, 3.05) is 50.7 Å². The van der Waals surface area contributed by atoms with Crippen LogP contribution in [0.3, 0.4) is 0 Å². The van der Waals surface area contributed by atoms with Crippen LogP contribution in [0, 0.1) is 5.82 Å². The number of guanidine groups is 1. The number of piperazine rings is 1. The molecule has 1 aromatic carbocycles. The van der Waals surface area contributed by atoms with E-state index < -0.39 is 0 Å². The number of amides is 1. The molecule has 0 radical (unpaired) electrons. The minimum absolute atomic E-state index is 0.149. The van der Waals surface area contributed by atoms with E-state index in [1.54, 1.807) is 23.5 Å². The van der Waals surface area contributed by atoms with Gasteiger partial charge in [-0.15, -0.1) is 11.3 Å². The maximum Gasteiger partial charge on any atom is 0.224 e. The number of halogens is 1. The van der Waals surface area contributed by atoms with Crippen LogP contribution in [0.5, 0.6) is 0 Å². The highest BCUT2D eigenvalue weighted by Gasteiger charge is 2.21. The van der Waals surface area contributed by atoms with Crippen LogP contribution in [0.25, 0.3) is 0 Å². The van der Waals surface area contributed by atoms with Gasteiger partial charge in [0, 0.05) is 69.2 Å². The van der Waals surface area contributed by atoms with Crippen LogP contribution >= 0.6 is 11.3 Å². The molecule has 6 nitrogen and oxygen atoms in total. The zero-order valence-corrected chi connectivity index (χ0v) is 18.3. The first-order valence-corrected chi connectivity index (χ1v) is 11.4. The summed E-state index contributed by atoms with van der Waals surface area (Å²) >= 11 is 1.74. The van der Waals surface area contributed by atoms with Crippen molar-refractivity contribution in [1.82, 2.24) is 15.5 Å². The fourth-order valence-corrected chi connectivity index (χ4v) is 4.08. The number of nitrogens with one attached hydrogen (secondary N) is 2. The fourth-order valence-electron chi connectivity index (χ4n) is 3.39. The van der Waals surface area contributed by atoms with E-state index in [1.165, 1.54) is 17.0 Å². The molecule has 162 valence electrons. The third kappa shape index (κ3) is 6.73. The van der Waals surface area contributed by atoms with Crippen molar-refractivity contribution in [3.05, 3.63) is 52.5 Å². The van der Waals surface area contributed by atoms with E-state index in [-0.39, 0.29) is 11.7 Å². The summed E-state index contributed by atoms with van der Waals surface area (Å²) in [6, 6.07) is 10.7. The van der Waals surface area contributed by atoms with Crippen LogP contribution in [-0.4, -0.2) is 62.6 Å². The molecule has 30 heavy (non-hydrogen) atoms. The first-order valence-electron chi connectivity index (χ1n) is 10.5. The van der Waals surface area contributed by atoms with E-state index in [0.29, 0.717) is 26.1 Å². The van der Waals surface area contributed by atoms with Crippen molar-refractivity contribution in [2.24, 2.45) is 4.99 Å². The molecule has 1 amide bonds. The molecule has 2 N–H and O–H groups in total. The average Bonchev–Trinajstić information content (AvgIpc) is 3.28. The Kier molecular flexibility index (Phi) is 8.50. The highest BCUT2D eigenvalue weighted by molar-refractivity contribution is 7.09. The number of benzene rings is 1. The SMILES string of the molecule is CCNC(=NCCc1cccs1)NCCC(=O)N1CCN(c2ccc(F)cc2)CC1. The van der Waals surface area contributed by atoms with Gasteiger partial charge in [-0.25, -0.2) is 4.39 Å². The Hall–Kier alpha value is -2.61. The standard InChI is InChI=1S/C22H30FN5OS/c1-2-24-22(25-11-9-20-4-3-17-30-20)26-12-10-21(29)28-15-13-27(14-16-28)19-7-5-18(23)6-8-19/h3-8,17H,2,9-16H2,1H3,(H2,24,25,26). The molecule has 1 saturated heterocycles. The van der Waals surface area contributed by atoms with Gasteiger partial charge in [-0.2, -0.15) is 0 Å². The highest BCUT2D eigenvalue weighted by atomic mass is 32.1. The van der Waals surface area contributed by atoms with Gasteiger partial charge in [0.2, 0.25) is 5.91 Å². The summed E-state index contributed by atoms with van der Waals surface area (Å²) in [5.74, 6) is 0.672. The van der Waals surface area contributed by atoms with Gasteiger partial charge in [-0.05, 0) is 42.6 Å². The zero-order valence-electron chi connectivity index (χ0n) is 17.4. The summed E-state index contributed by atoms with van der Waals surface area (Å²) in [6.07, 6.45) is 1.36. The van der Waals surface area contributed by atoms with Gasteiger partial charge in [0.1, 0.15) is 5.82 Å². The van der Waals surface area contributed by atoms with E-state index in [1.807, 2.05) is 11.8 Å². The lowest BCUT2D eigenvalue weighted by molar-refractivity contribution is -0.131. The third-order valence-electron chi connectivity index (χ3n) is 5.01. The van der Waals surface area contributed by atoms with Crippen LogP contribution in [0.15, 0.2) is 46.8 Å². The third-order valence-corrected chi connectivity index (χ3v) is 5.94. The molecule has 1 aliphatic heterocycles.